The Kier molecular flexibility index (Phi) is 5.84. The molecule has 1 N–H and O–H groups in total. The molecule has 2 heterocycles. The molecule has 1 aromatic rings. The van der Waals surface area contributed by atoms with Gasteiger partial charge in [-0.1, -0.05) is 19.8 Å². The van der Waals surface area contributed by atoms with E-state index in [1.165, 1.54) is 18.4 Å². The van der Waals surface area contributed by atoms with Crippen LogP contribution in [-0.2, 0) is 4.74 Å². The predicted molar refractivity (Wildman–Crippen MR) is 92.9 cm³/mol. The summed E-state index contributed by atoms with van der Waals surface area (Å²) in [5, 5.41) is 3.67. The molecule has 24 heavy (non-hydrogen) atoms. The molecule has 0 spiro atoms. The highest BCUT2D eigenvalue weighted by molar-refractivity contribution is 7.12. The Labute approximate surface area is 146 Å². The number of amides is 2. The van der Waals surface area contributed by atoms with Crippen LogP contribution in [-0.4, -0.2) is 41.6 Å². The Hall–Kier alpha value is -2.07. The second-order valence-corrected chi connectivity index (χ2v) is 7.37. The van der Waals surface area contributed by atoms with Gasteiger partial charge >= 0.3 is 12.0 Å². The van der Waals surface area contributed by atoms with E-state index in [1.807, 2.05) is 20.8 Å². The van der Waals surface area contributed by atoms with Gasteiger partial charge in [0.2, 0.25) is 0 Å². The van der Waals surface area contributed by atoms with Crippen molar-refractivity contribution in [2.24, 2.45) is 5.92 Å². The van der Waals surface area contributed by atoms with E-state index < -0.39 is 5.97 Å². The summed E-state index contributed by atoms with van der Waals surface area (Å²) in [4.78, 5) is 31.3. The highest BCUT2D eigenvalue weighted by atomic mass is 32.1. The Morgan fingerprint density at radius 1 is 1.50 bits per heavy atom. The second-order valence-electron chi connectivity index (χ2n) is 6.14. The van der Waals surface area contributed by atoms with Crippen LogP contribution in [0.4, 0.5) is 4.79 Å². The summed E-state index contributed by atoms with van der Waals surface area (Å²) < 4.78 is 4.75. The van der Waals surface area contributed by atoms with Crippen molar-refractivity contribution in [3.63, 3.8) is 0 Å². The first-order valence-electron chi connectivity index (χ1n) is 7.98. The van der Waals surface area contributed by atoms with Crippen LogP contribution in [0.1, 0.15) is 53.1 Å². The molecule has 0 saturated carbocycles. The van der Waals surface area contributed by atoms with Gasteiger partial charge in [-0.25, -0.2) is 14.6 Å². The normalized spacial score (nSPS) is 18.3. The number of nitrogens with one attached hydrogen (secondary N) is 1. The summed E-state index contributed by atoms with van der Waals surface area (Å²) in [6.07, 6.45) is 7.21. The summed E-state index contributed by atoms with van der Waals surface area (Å²) in [6.45, 7) is 6.43. The van der Waals surface area contributed by atoms with Crippen molar-refractivity contribution >= 4 is 23.3 Å². The van der Waals surface area contributed by atoms with Crippen LogP contribution in [0.3, 0.4) is 0 Å². The van der Waals surface area contributed by atoms with E-state index in [4.69, 9.17) is 11.2 Å². The highest BCUT2D eigenvalue weighted by Gasteiger charge is 2.34. The minimum atomic E-state index is -0.448. The fraction of sp³-hybridized carbons (Fsp3) is 0.588. The van der Waals surface area contributed by atoms with E-state index >= 15 is 0 Å². The molecule has 2 atom stereocenters. The number of ether oxygens (including phenoxy) is 1. The first kappa shape index (κ1) is 18.3. The van der Waals surface area contributed by atoms with Crippen molar-refractivity contribution in [1.82, 2.24) is 15.2 Å². The van der Waals surface area contributed by atoms with Gasteiger partial charge in [0.15, 0.2) is 5.69 Å². The van der Waals surface area contributed by atoms with E-state index in [9.17, 15) is 9.59 Å². The van der Waals surface area contributed by atoms with Crippen LogP contribution in [0, 0.1) is 25.2 Å². The lowest BCUT2D eigenvalue weighted by Gasteiger charge is -2.26. The van der Waals surface area contributed by atoms with Gasteiger partial charge in [-0.2, -0.15) is 0 Å². The quantitative estimate of drug-likeness (QED) is 0.670. The number of likely N-dealkylation sites (tertiary alicyclic amines) is 1. The molecule has 130 valence electrons. The number of rotatable bonds is 4. The van der Waals surface area contributed by atoms with Crippen molar-refractivity contribution in [1.29, 1.82) is 0 Å². The molecule has 6 nitrogen and oxygen atoms in total. The molecule has 1 aliphatic heterocycles. The van der Waals surface area contributed by atoms with Crippen molar-refractivity contribution in [3.8, 4) is 12.3 Å². The van der Waals surface area contributed by atoms with Gasteiger partial charge in [-0.05, 0) is 25.7 Å². The Morgan fingerprint density at radius 3 is 2.79 bits per heavy atom. The van der Waals surface area contributed by atoms with E-state index in [2.05, 4.69) is 16.2 Å². The third-order valence-electron chi connectivity index (χ3n) is 4.12. The number of aromatic nitrogens is 1. The fourth-order valence-corrected chi connectivity index (χ4v) is 3.79. The van der Waals surface area contributed by atoms with E-state index in [0.717, 1.165) is 22.7 Å². The molecule has 0 radical (unpaired) electrons. The summed E-state index contributed by atoms with van der Waals surface area (Å²) in [7, 11) is 1.34. The summed E-state index contributed by atoms with van der Waals surface area (Å²) in [6, 6.07) is -0.610. The molecule has 2 amide bonds. The number of hydrogen-bond donors (Lipinski definition) is 1. The van der Waals surface area contributed by atoms with Gasteiger partial charge < -0.3 is 15.0 Å². The number of carbonyl (C=O) groups is 2. The fourth-order valence-electron chi connectivity index (χ4n) is 2.73. The molecule has 1 aromatic heterocycles. The van der Waals surface area contributed by atoms with Crippen LogP contribution >= 0.6 is 11.3 Å². The zero-order valence-corrected chi connectivity index (χ0v) is 15.3. The standard InChI is InChI=1S/C17H23N3O3S/c1-6-12(10(2)3)18-17(22)20-9-7-8-13(20)15-19-14(11(4)24-15)16(21)23-5/h1,10,12-13H,7-9H2,2-5H3,(H,18,22)/t12-,13-/m1/s1. The number of hydrogen-bond acceptors (Lipinski definition) is 5. The molecule has 1 saturated heterocycles. The molecule has 1 fully saturated rings. The number of methoxy groups -OCH3 is 1. The molecule has 2 rings (SSSR count). The second kappa shape index (κ2) is 7.67. The Balaban J connectivity index is 2.17. The molecular weight excluding hydrogens is 326 g/mol. The van der Waals surface area contributed by atoms with Crippen molar-refractivity contribution < 1.29 is 14.3 Å². The number of nitrogens with zero attached hydrogens (tertiary/aromatic N) is 2. The van der Waals surface area contributed by atoms with Gasteiger partial charge in [0, 0.05) is 11.4 Å². The Morgan fingerprint density at radius 2 is 2.21 bits per heavy atom. The number of carbonyl (C=O) groups excluding carboxylic acids is 2. The van der Waals surface area contributed by atoms with Crippen molar-refractivity contribution in [2.45, 2.75) is 45.7 Å². The minimum Gasteiger partial charge on any atom is -0.464 e. The first-order valence-corrected chi connectivity index (χ1v) is 8.79. The predicted octanol–water partition coefficient (Wildman–Crippen LogP) is 2.74. The summed E-state index contributed by atoms with van der Waals surface area (Å²) >= 11 is 1.43. The molecule has 0 unspecified atom stereocenters. The molecule has 0 aromatic carbocycles. The van der Waals surface area contributed by atoms with Crippen LogP contribution in [0.2, 0.25) is 0 Å². The number of thiazole rings is 1. The largest absolute Gasteiger partial charge is 0.464 e. The number of aryl methyl sites for hydroxylation is 1. The molecule has 0 bridgehead atoms. The SMILES string of the molecule is C#C[C@@H](NC(=O)N1CCC[C@@H]1c1nc(C(=O)OC)c(C)s1)C(C)C. The van der Waals surface area contributed by atoms with Gasteiger partial charge in [0.05, 0.1) is 19.2 Å². The Bertz CT molecular complexity index is 663. The van der Waals surface area contributed by atoms with Crippen molar-refractivity contribution in [2.75, 3.05) is 13.7 Å². The lowest BCUT2D eigenvalue weighted by Crippen LogP contribution is -2.45. The zero-order chi connectivity index (χ0) is 17.9. The van der Waals surface area contributed by atoms with Gasteiger partial charge in [-0.3, -0.25) is 0 Å². The average molecular weight is 349 g/mol. The summed E-state index contributed by atoms with van der Waals surface area (Å²) in [5.74, 6) is 2.33. The van der Waals surface area contributed by atoms with Gasteiger partial charge in [0.1, 0.15) is 5.01 Å². The maximum atomic E-state index is 12.6. The minimum absolute atomic E-state index is 0.127. The van der Waals surface area contributed by atoms with Crippen LogP contribution in [0.15, 0.2) is 0 Å². The number of urea groups is 1. The van der Waals surface area contributed by atoms with Gasteiger partial charge in [-0.15, -0.1) is 17.8 Å². The number of terminal acetylenes is 1. The van der Waals surface area contributed by atoms with E-state index in [1.54, 1.807) is 4.90 Å². The first-order chi connectivity index (χ1) is 11.4. The maximum Gasteiger partial charge on any atom is 0.357 e. The van der Waals surface area contributed by atoms with Crippen LogP contribution in [0.25, 0.3) is 0 Å². The van der Waals surface area contributed by atoms with Crippen LogP contribution < -0.4 is 5.32 Å². The maximum absolute atomic E-state index is 12.6. The number of esters is 1. The highest BCUT2D eigenvalue weighted by Crippen LogP contribution is 2.35. The zero-order valence-electron chi connectivity index (χ0n) is 14.5. The molecule has 0 aliphatic carbocycles. The van der Waals surface area contributed by atoms with Crippen LogP contribution in [0.5, 0.6) is 0 Å². The van der Waals surface area contributed by atoms with E-state index in [0.29, 0.717) is 12.2 Å². The summed E-state index contributed by atoms with van der Waals surface area (Å²) in [5.41, 5.74) is 0.327. The lowest BCUT2D eigenvalue weighted by molar-refractivity contribution is 0.0593. The van der Waals surface area contributed by atoms with Gasteiger partial charge in [0.25, 0.3) is 0 Å². The van der Waals surface area contributed by atoms with E-state index in [-0.39, 0.29) is 24.0 Å². The third-order valence-corrected chi connectivity index (χ3v) is 5.19. The van der Waals surface area contributed by atoms with Crippen molar-refractivity contribution in [3.05, 3.63) is 15.6 Å². The molecular formula is C17H23N3O3S. The lowest BCUT2D eigenvalue weighted by atomic mass is 10.1. The third kappa shape index (κ3) is 3.70. The smallest absolute Gasteiger partial charge is 0.357 e. The molecule has 1 aliphatic rings. The monoisotopic (exact) mass is 349 g/mol. The molecule has 7 heteroatoms. The topological polar surface area (TPSA) is 71.5 Å². The average Bonchev–Trinajstić information content (AvgIpc) is 3.17.